The summed E-state index contributed by atoms with van der Waals surface area (Å²) in [5, 5.41) is 1.24. The molecule has 1 heterocycles. The van der Waals surface area contributed by atoms with E-state index in [-0.39, 0.29) is 17.3 Å². The van der Waals surface area contributed by atoms with E-state index in [1.54, 1.807) is 12.3 Å². The molecule has 0 radical (unpaired) electrons. The zero-order valence-corrected chi connectivity index (χ0v) is 13.6. The number of fused-ring (bicyclic) bond motifs is 1. The lowest BCUT2D eigenvalue weighted by atomic mass is 10.1. The lowest BCUT2D eigenvalue weighted by Crippen LogP contribution is -2.25. The maximum atomic E-state index is 13.3. The highest BCUT2D eigenvalue weighted by Gasteiger charge is 2.13. The van der Waals surface area contributed by atoms with Gasteiger partial charge in [0.15, 0.2) is 0 Å². The van der Waals surface area contributed by atoms with Gasteiger partial charge in [-0.1, -0.05) is 11.6 Å². The Kier molecular flexibility index (Phi) is 4.39. The smallest absolute Gasteiger partial charge is 0.240 e. The molecule has 1 aromatic heterocycles. The number of benzene rings is 2. The molecule has 0 saturated heterocycles. The van der Waals surface area contributed by atoms with E-state index in [0.717, 1.165) is 16.5 Å². The van der Waals surface area contributed by atoms with Crippen molar-refractivity contribution in [1.29, 1.82) is 0 Å². The van der Waals surface area contributed by atoms with Crippen LogP contribution < -0.4 is 4.72 Å². The Morgan fingerprint density at radius 3 is 2.61 bits per heavy atom. The normalized spacial score (nSPS) is 11.9. The van der Waals surface area contributed by atoms with Gasteiger partial charge >= 0.3 is 0 Å². The van der Waals surface area contributed by atoms with Crippen LogP contribution in [0.3, 0.4) is 0 Å². The molecule has 4 nitrogen and oxygen atoms in total. The first-order chi connectivity index (χ1) is 11.0. The first-order valence-electron chi connectivity index (χ1n) is 6.96. The fraction of sp³-hybridized carbons (Fsp3) is 0.125. The molecule has 23 heavy (non-hydrogen) atoms. The van der Waals surface area contributed by atoms with Gasteiger partial charge in [0.2, 0.25) is 10.0 Å². The zero-order valence-electron chi connectivity index (χ0n) is 12.0. The van der Waals surface area contributed by atoms with E-state index in [9.17, 15) is 12.8 Å². The monoisotopic (exact) mass is 352 g/mol. The molecule has 0 aliphatic carbocycles. The second kappa shape index (κ2) is 6.31. The molecular formula is C16H14ClFN2O2S. The summed E-state index contributed by atoms with van der Waals surface area (Å²) in [5.41, 5.74) is 1.68. The molecule has 0 aliphatic heterocycles. The Morgan fingerprint density at radius 1 is 1.13 bits per heavy atom. The Hall–Kier alpha value is -1.89. The molecule has 120 valence electrons. The molecule has 0 fully saturated rings. The quantitative estimate of drug-likeness (QED) is 0.738. The highest BCUT2D eigenvalue weighted by molar-refractivity contribution is 7.89. The fourth-order valence-electron chi connectivity index (χ4n) is 2.37. The number of hydrogen-bond acceptors (Lipinski definition) is 2. The Bertz CT molecular complexity index is 936. The molecule has 0 saturated carbocycles. The van der Waals surface area contributed by atoms with Crippen molar-refractivity contribution in [1.82, 2.24) is 9.71 Å². The van der Waals surface area contributed by atoms with Crippen LogP contribution in [0.15, 0.2) is 53.6 Å². The molecule has 2 aromatic carbocycles. The molecule has 0 atom stereocenters. The third kappa shape index (κ3) is 3.55. The SMILES string of the molecule is O=S(=O)(NCCc1c[nH]c2ccc(F)cc12)c1ccc(Cl)cc1. The van der Waals surface area contributed by atoms with Crippen molar-refractivity contribution in [3.8, 4) is 0 Å². The average Bonchev–Trinajstić information content (AvgIpc) is 2.90. The molecule has 3 aromatic rings. The molecule has 0 aliphatic rings. The van der Waals surface area contributed by atoms with Gasteiger partial charge < -0.3 is 4.98 Å². The van der Waals surface area contributed by atoms with Crippen molar-refractivity contribution >= 4 is 32.5 Å². The lowest BCUT2D eigenvalue weighted by Gasteiger charge is -2.06. The molecular weight excluding hydrogens is 339 g/mol. The number of aromatic nitrogens is 1. The number of H-pyrrole nitrogens is 1. The number of hydrogen-bond donors (Lipinski definition) is 2. The maximum Gasteiger partial charge on any atom is 0.240 e. The predicted octanol–water partition coefficient (Wildman–Crippen LogP) is 3.48. The van der Waals surface area contributed by atoms with Crippen LogP contribution in [0.2, 0.25) is 5.02 Å². The van der Waals surface area contributed by atoms with Crippen LogP contribution in [0.4, 0.5) is 4.39 Å². The van der Waals surface area contributed by atoms with Crippen LogP contribution in [0.25, 0.3) is 10.9 Å². The predicted molar refractivity (Wildman–Crippen MR) is 88.6 cm³/mol. The minimum absolute atomic E-state index is 0.159. The van der Waals surface area contributed by atoms with Crippen LogP contribution in [-0.2, 0) is 16.4 Å². The summed E-state index contributed by atoms with van der Waals surface area (Å²) in [6.45, 7) is 0.217. The van der Waals surface area contributed by atoms with Crippen LogP contribution in [0.1, 0.15) is 5.56 Å². The van der Waals surface area contributed by atoms with Gasteiger partial charge in [-0.05, 0) is 54.4 Å². The van der Waals surface area contributed by atoms with E-state index in [4.69, 9.17) is 11.6 Å². The van der Waals surface area contributed by atoms with Gasteiger partial charge in [-0.15, -0.1) is 0 Å². The summed E-state index contributed by atoms with van der Waals surface area (Å²) in [6.07, 6.45) is 2.22. The molecule has 0 spiro atoms. The lowest BCUT2D eigenvalue weighted by molar-refractivity contribution is 0.581. The van der Waals surface area contributed by atoms with Gasteiger partial charge in [0.25, 0.3) is 0 Å². The average molecular weight is 353 g/mol. The summed E-state index contributed by atoms with van der Waals surface area (Å²) in [4.78, 5) is 3.20. The van der Waals surface area contributed by atoms with Gasteiger partial charge in [-0.25, -0.2) is 17.5 Å². The minimum Gasteiger partial charge on any atom is -0.361 e. The zero-order chi connectivity index (χ0) is 16.4. The summed E-state index contributed by atoms with van der Waals surface area (Å²) in [6, 6.07) is 10.4. The number of halogens is 2. The Balaban J connectivity index is 1.70. The van der Waals surface area contributed by atoms with Crippen molar-refractivity contribution in [2.45, 2.75) is 11.3 Å². The number of aromatic amines is 1. The van der Waals surface area contributed by atoms with Crippen molar-refractivity contribution in [2.75, 3.05) is 6.54 Å². The van der Waals surface area contributed by atoms with E-state index in [2.05, 4.69) is 9.71 Å². The molecule has 7 heteroatoms. The van der Waals surface area contributed by atoms with E-state index in [1.165, 1.54) is 36.4 Å². The van der Waals surface area contributed by atoms with Crippen LogP contribution in [0, 0.1) is 5.82 Å². The summed E-state index contributed by atoms with van der Waals surface area (Å²) in [5.74, 6) is -0.319. The summed E-state index contributed by atoms with van der Waals surface area (Å²) < 4.78 is 40.2. The van der Waals surface area contributed by atoms with E-state index >= 15 is 0 Å². The second-order valence-corrected chi connectivity index (χ2v) is 7.31. The molecule has 0 unspecified atom stereocenters. The van der Waals surface area contributed by atoms with Gasteiger partial charge in [0, 0.05) is 28.7 Å². The van der Waals surface area contributed by atoms with Crippen LogP contribution >= 0.6 is 11.6 Å². The van der Waals surface area contributed by atoms with Gasteiger partial charge in [0.1, 0.15) is 5.82 Å². The van der Waals surface area contributed by atoms with Crippen molar-refractivity contribution in [2.24, 2.45) is 0 Å². The molecule has 3 rings (SSSR count). The van der Waals surface area contributed by atoms with Crippen molar-refractivity contribution < 1.29 is 12.8 Å². The standard InChI is InChI=1S/C16H14ClFN2O2S/c17-12-1-4-14(5-2-12)23(21,22)20-8-7-11-10-19-16-6-3-13(18)9-15(11)16/h1-6,9-10,19-20H,7-8H2. The molecule has 0 amide bonds. The number of nitrogens with one attached hydrogen (secondary N) is 2. The van der Waals surface area contributed by atoms with Crippen molar-refractivity contribution in [3.63, 3.8) is 0 Å². The minimum atomic E-state index is -3.58. The highest BCUT2D eigenvalue weighted by atomic mass is 35.5. The first kappa shape index (κ1) is 16.0. The third-order valence-electron chi connectivity index (χ3n) is 3.54. The second-order valence-electron chi connectivity index (χ2n) is 5.11. The first-order valence-corrected chi connectivity index (χ1v) is 8.82. The topological polar surface area (TPSA) is 62.0 Å². The third-order valence-corrected chi connectivity index (χ3v) is 5.27. The fourth-order valence-corrected chi connectivity index (χ4v) is 3.53. The van der Waals surface area contributed by atoms with E-state index in [1.807, 2.05) is 0 Å². The largest absolute Gasteiger partial charge is 0.361 e. The highest BCUT2D eigenvalue weighted by Crippen LogP contribution is 2.20. The van der Waals surface area contributed by atoms with Crippen molar-refractivity contribution in [3.05, 3.63) is 65.1 Å². The van der Waals surface area contributed by atoms with Crippen LogP contribution in [0.5, 0.6) is 0 Å². The number of sulfonamides is 1. The van der Waals surface area contributed by atoms with Crippen LogP contribution in [-0.4, -0.2) is 19.9 Å². The summed E-state index contributed by atoms with van der Waals surface area (Å²) >= 11 is 5.75. The van der Waals surface area contributed by atoms with Gasteiger partial charge in [-0.2, -0.15) is 0 Å². The Morgan fingerprint density at radius 2 is 1.87 bits per heavy atom. The van der Waals surface area contributed by atoms with E-state index in [0.29, 0.717) is 11.4 Å². The maximum absolute atomic E-state index is 13.3. The number of rotatable bonds is 5. The summed E-state index contributed by atoms with van der Waals surface area (Å²) in [7, 11) is -3.58. The van der Waals surface area contributed by atoms with Gasteiger partial charge in [0.05, 0.1) is 4.90 Å². The molecule has 2 N–H and O–H groups in total. The van der Waals surface area contributed by atoms with Gasteiger partial charge in [-0.3, -0.25) is 0 Å². The molecule has 0 bridgehead atoms. The Labute approximate surface area is 138 Å². The van der Waals surface area contributed by atoms with E-state index < -0.39 is 10.0 Å².